The van der Waals surface area contributed by atoms with Crippen LogP contribution < -0.4 is 0 Å². The molecule has 3 rings (SSSR count). The molecule has 2 aromatic carbocycles. The van der Waals surface area contributed by atoms with Crippen molar-refractivity contribution in [2.75, 3.05) is 0 Å². The van der Waals surface area contributed by atoms with Crippen LogP contribution in [0.3, 0.4) is 0 Å². The third-order valence-electron chi connectivity index (χ3n) is 3.47. The smallest absolute Gasteiger partial charge is 0.124 e. The van der Waals surface area contributed by atoms with Crippen LogP contribution in [0.5, 0.6) is 5.75 Å². The Kier molecular flexibility index (Phi) is 5.06. The molecule has 24 heavy (non-hydrogen) atoms. The zero-order chi connectivity index (χ0) is 17.1. The van der Waals surface area contributed by atoms with Crippen LogP contribution >= 0.6 is 27.7 Å². The number of benzene rings is 2. The average Bonchev–Trinajstić information content (AvgIpc) is 2.89. The number of hydrogen-bond acceptors (Lipinski definition) is 4. The molecule has 0 fully saturated rings. The monoisotopic (exact) mass is 401 g/mol. The standard InChI is InChI=1S/C18H16BrN3OS/c1-11-18(12(2)22-21-11)24-17-6-4-3-5-15(17)20-10-13-9-14(19)7-8-16(13)23/h3-10,23H,1-2H3,(H,21,22). The molecule has 2 N–H and O–H groups in total. The van der Waals surface area contributed by atoms with Gasteiger partial charge in [-0.3, -0.25) is 10.1 Å². The Hall–Kier alpha value is -2.05. The normalized spacial score (nSPS) is 11.3. The van der Waals surface area contributed by atoms with Gasteiger partial charge in [0.2, 0.25) is 0 Å². The molecule has 6 heteroatoms. The third kappa shape index (κ3) is 3.71. The molecule has 0 atom stereocenters. The summed E-state index contributed by atoms with van der Waals surface area (Å²) >= 11 is 5.04. The number of nitrogens with one attached hydrogen (secondary N) is 1. The van der Waals surface area contributed by atoms with E-state index in [9.17, 15) is 5.11 Å². The van der Waals surface area contributed by atoms with Crippen molar-refractivity contribution in [3.8, 4) is 5.75 Å². The zero-order valence-electron chi connectivity index (χ0n) is 13.2. The first-order valence-electron chi connectivity index (χ1n) is 7.35. The number of rotatable bonds is 4. The number of aliphatic imine (C=N–C) groups is 1. The van der Waals surface area contributed by atoms with Crippen molar-refractivity contribution in [3.63, 3.8) is 0 Å². The fourth-order valence-electron chi connectivity index (χ4n) is 2.22. The van der Waals surface area contributed by atoms with E-state index in [0.717, 1.165) is 31.3 Å². The van der Waals surface area contributed by atoms with Gasteiger partial charge in [-0.25, -0.2) is 0 Å². The molecule has 0 aliphatic rings. The van der Waals surface area contributed by atoms with Crippen molar-refractivity contribution in [2.45, 2.75) is 23.6 Å². The van der Waals surface area contributed by atoms with Gasteiger partial charge in [0.1, 0.15) is 5.75 Å². The molecular formula is C18H16BrN3OS. The second kappa shape index (κ2) is 7.23. The molecule has 0 radical (unpaired) electrons. The zero-order valence-corrected chi connectivity index (χ0v) is 15.6. The Morgan fingerprint density at radius 1 is 1.21 bits per heavy atom. The number of phenolic OH excluding ortho intramolecular Hbond substituents is 1. The first-order chi connectivity index (χ1) is 11.5. The quantitative estimate of drug-likeness (QED) is 0.575. The molecule has 0 saturated carbocycles. The van der Waals surface area contributed by atoms with Crippen LogP contribution in [0.25, 0.3) is 0 Å². The minimum absolute atomic E-state index is 0.202. The number of halogens is 1. The van der Waals surface area contributed by atoms with E-state index in [2.05, 4.69) is 31.1 Å². The molecule has 0 unspecified atom stereocenters. The summed E-state index contributed by atoms with van der Waals surface area (Å²) in [5, 5.41) is 17.2. The summed E-state index contributed by atoms with van der Waals surface area (Å²) in [5.74, 6) is 0.202. The van der Waals surface area contributed by atoms with Crippen molar-refractivity contribution >= 4 is 39.6 Å². The summed E-state index contributed by atoms with van der Waals surface area (Å²) in [6.07, 6.45) is 1.68. The van der Waals surface area contributed by atoms with Gasteiger partial charge in [0, 0.05) is 26.8 Å². The van der Waals surface area contributed by atoms with Gasteiger partial charge in [0.25, 0.3) is 0 Å². The van der Waals surface area contributed by atoms with E-state index in [1.807, 2.05) is 44.2 Å². The van der Waals surface area contributed by atoms with E-state index in [-0.39, 0.29) is 5.75 Å². The van der Waals surface area contributed by atoms with Crippen molar-refractivity contribution in [3.05, 3.63) is 63.9 Å². The van der Waals surface area contributed by atoms with E-state index in [0.29, 0.717) is 5.56 Å². The number of phenols is 1. The molecule has 4 nitrogen and oxygen atoms in total. The Labute approximate surface area is 153 Å². The number of hydrogen-bond donors (Lipinski definition) is 2. The van der Waals surface area contributed by atoms with Crippen molar-refractivity contribution in [1.82, 2.24) is 10.2 Å². The first kappa shape index (κ1) is 16.8. The highest BCUT2D eigenvalue weighted by atomic mass is 79.9. The lowest BCUT2D eigenvalue weighted by Gasteiger charge is -2.06. The van der Waals surface area contributed by atoms with Crippen LogP contribution in [-0.2, 0) is 0 Å². The van der Waals surface area contributed by atoms with Crippen LogP contribution in [0.4, 0.5) is 5.69 Å². The SMILES string of the molecule is Cc1n[nH]c(C)c1Sc1ccccc1N=Cc1cc(Br)ccc1O. The fourth-order valence-corrected chi connectivity index (χ4v) is 3.58. The number of aromatic amines is 1. The predicted molar refractivity (Wildman–Crippen MR) is 102 cm³/mol. The van der Waals surface area contributed by atoms with E-state index in [1.165, 1.54) is 0 Å². The summed E-state index contributed by atoms with van der Waals surface area (Å²) in [5.41, 5.74) is 3.53. The highest BCUT2D eigenvalue weighted by Crippen LogP contribution is 2.37. The Morgan fingerprint density at radius 3 is 2.75 bits per heavy atom. The number of aryl methyl sites for hydroxylation is 2. The van der Waals surface area contributed by atoms with Crippen LogP contribution in [0.2, 0.25) is 0 Å². The van der Waals surface area contributed by atoms with Gasteiger partial charge in [-0.1, -0.05) is 39.8 Å². The van der Waals surface area contributed by atoms with Gasteiger partial charge < -0.3 is 5.11 Å². The third-order valence-corrected chi connectivity index (χ3v) is 5.33. The van der Waals surface area contributed by atoms with Crippen LogP contribution in [0.1, 0.15) is 17.0 Å². The second-order valence-electron chi connectivity index (χ2n) is 5.29. The summed E-state index contributed by atoms with van der Waals surface area (Å²) in [4.78, 5) is 6.71. The lowest BCUT2D eigenvalue weighted by Crippen LogP contribution is -1.84. The molecule has 0 amide bonds. The molecule has 122 valence electrons. The minimum atomic E-state index is 0.202. The number of aromatic nitrogens is 2. The van der Waals surface area contributed by atoms with Gasteiger partial charge in [0.05, 0.1) is 16.3 Å². The number of H-pyrrole nitrogens is 1. The maximum absolute atomic E-state index is 9.93. The highest BCUT2D eigenvalue weighted by Gasteiger charge is 2.10. The van der Waals surface area contributed by atoms with Crippen LogP contribution in [-0.4, -0.2) is 21.5 Å². The van der Waals surface area contributed by atoms with E-state index >= 15 is 0 Å². The highest BCUT2D eigenvalue weighted by molar-refractivity contribution is 9.10. The van der Waals surface area contributed by atoms with Gasteiger partial charge in [-0.2, -0.15) is 5.10 Å². The van der Waals surface area contributed by atoms with Crippen LogP contribution in [0, 0.1) is 13.8 Å². The largest absolute Gasteiger partial charge is 0.507 e. The number of nitrogens with zero attached hydrogens (tertiary/aromatic N) is 2. The van der Waals surface area contributed by atoms with E-state index in [1.54, 1.807) is 30.1 Å². The maximum atomic E-state index is 9.93. The second-order valence-corrected chi connectivity index (χ2v) is 7.26. The Balaban J connectivity index is 1.92. The van der Waals surface area contributed by atoms with Gasteiger partial charge in [-0.15, -0.1) is 0 Å². The number of para-hydroxylation sites is 1. The molecule has 3 aromatic rings. The average molecular weight is 402 g/mol. The molecule has 0 spiro atoms. The van der Waals surface area contributed by atoms with Gasteiger partial charge in [-0.05, 0) is 44.2 Å². The summed E-state index contributed by atoms with van der Waals surface area (Å²) in [6, 6.07) is 13.2. The van der Waals surface area contributed by atoms with Crippen LogP contribution in [0.15, 0.2) is 61.7 Å². The van der Waals surface area contributed by atoms with Gasteiger partial charge in [0.15, 0.2) is 0 Å². The Bertz CT molecular complexity index is 886. The molecule has 1 aromatic heterocycles. The molecule has 1 heterocycles. The lowest BCUT2D eigenvalue weighted by atomic mass is 10.2. The molecule has 0 aliphatic carbocycles. The molecule has 0 saturated heterocycles. The topological polar surface area (TPSA) is 61.3 Å². The van der Waals surface area contributed by atoms with E-state index < -0.39 is 0 Å². The van der Waals surface area contributed by atoms with Crippen molar-refractivity contribution in [1.29, 1.82) is 0 Å². The van der Waals surface area contributed by atoms with Crippen molar-refractivity contribution < 1.29 is 5.11 Å². The Morgan fingerprint density at radius 2 is 2.00 bits per heavy atom. The van der Waals surface area contributed by atoms with Gasteiger partial charge >= 0.3 is 0 Å². The van der Waals surface area contributed by atoms with E-state index in [4.69, 9.17) is 0 Å². The maximum Gasteiger partial charge on any atom is 0.124 e. The first-order valence-corrected chi connectivity index (χ1v) is 8.96. The molecule has 0 bridgehead atoms. The van der Waals surface area contributed by atoms with Crippen molar-refractivity contribution in [2.24, 2.45) is 4.99 Å². The summed E-state index contributed by atoms with van der Waals surface area (Å²) < 4.78 is 0.897. The summed E-state index contributed by atoms with van der Waals surface area (Å²) in [7, 11) is 0. The predicted octanol–water partition coefficient (Wildman–Crippen LogP) is 5.40. The lowest BCUT2D eigenvalue weighted by molar-refractivity contribution is 0.474. The summed E-state index contributed by atoms with van der Waals surface area (Å²) in [6.45, 7) is 3.99. The number of aromatic hydroxyl groups is 1. The fraction of sp³-hybridized carbons (Fsp3) is 0.111. The molecular weight excluding hydrogens is 386 g/mol. The minimum Gasteiger partial charge on any atom is -0.507 e. The molecule has 0 aliphatic heterocycles.